The highest BCUT2D eigenvalue weighted by Gasteiger charge is 2.29. The highest BCUT2D eigenvalue weighted by molar-refractivity contribution is 5.94. The predicted molar refractivity (Wildman–Crippen MR) is 105 cm³/mol. The summed E-state index contributed by atoms with van der Waals surface area (Å²) in [5, 5.41) is 3.22. The van der Waals surface area contributed by atoms with Crippen molar-refractivity contribution in [1.82, 2.24) is 10.2 Å². The van der Waals surface area contributed by atoms with Crippen molar-refractivity contribution in [2.24, 2.45) is 5.92 Å². The number of hydrogen-bond donors (Lipinski definition) is 1. The molecule has 3 aliphatic rings. The Morgan fingerprint density at radius 2 is 1.56 bits per heavy atom. The Morgan fingerprint density at radius 1 is 0.963 bits per heavy atom. The van der Waals surface area contributed by atoms with Crippen LogP contribution in [-0.2, 0) is 0 Å². The van der Waals surface area contributed by atoms with Crippen LogP contribution in [0.1, 0.15) is 29.6 Å². The fraction of sp³-hybridized carbons (Fsp3) is 0.409. The molecule has 2 bridgehead atoms. The van der Waals surface area contributed by atoms with Crippen molar-refractivity contribution in [2.75, 3.05) is 26.7 Å². The van der Waals surface area contributed by atoms with Gasteiger partial charge in [-0.05, 0) is 86.8 Å². The van der Waals surface area contributed by atoms with Gasteiger partial charge >= 0.3 is 0 Å². The lowest BCUT2D eigenvalue weighted by Gasteiger charge is -2.26. The highest BCUT2D eigenvalue weighted by atomic mass is 16.5. The van der Waals surface area contributed by atoms with Gasteiger partial charge in [0.2, 0.25) is 0 Å². The van der Waals surface area contributed by atoms with Crippen LogP contribution in [0.3, 0.4) is 0 Å². The van der Waals surface area contributed by atoms with Crippen molar-refractivity contribution in [3.05, 3.63) is 54.1 Å². The molecule has 27 heavy (non-hydrogen) atoms. The summed E-state index contributed by atoms with van der Waals surface area (Å²) in [5.74, 6) is 2.98. The monoisotopic (exact) mass is 366 g/mol. The molecule has 3 aliphatic heterocycles. The van der Waals surface area contributed by atoms with E-state index in [-0.39, 0.29) is 11.9 Å². The van der Waals surface area contributed by atoms with Crippen molar-refractivity contribution in [3.63, 3.8) is 0 Å². The lowest BCUT2D eigenvalue weighted by atomic mass is 9.94. The number of piperidine rings is 1. The van der Waals surface area contributed by atoms with Gasteiger partial charge in [0, 0.05) is 18.2 Å². The number of nitrogens with zero attached hydrogens (tertiary/aromatic N) is 1. The zero-order chi connectivity index (χ0) is 18.6. The van der Waals surface area contributed by atoms with Crippen LogP contribution >= 0.6 is 0 Å². The fourth-order valence-corrected chi connectivity index (χ4v) is 4.02. The Hall–Kier alpha value is -2.53. The number of nitrogens with one attached hydrogen (secondary N) is 1. The maximum absolute atomic E-state index is 12.6. The highest BCUT2D eigenvalue weighted by Crippen LogP contribution is 2.27. The molecule has 3 saturated heterocycles. The van der Waals surface area contributed by atoms with Gasteiger partial charge in [-0.25, -0.2) is 0 Å². The van der Waals surface area contributed by atoms with Gasteiger partial charge in [-0.1, -0.05) is 0 Å². The molecule has 1 unspecified atom stereocenters. The summed E-state index contributed by atoms with van der Waals surface area (Å²) in [6.07, 6.45) is 3.63. The molecule has 1 N–H and O–H groups in total. The molecular formula is C22H26N2O3. The maximum Gasteiger partial charge on any atom is 0.251 e. The molecule has 3 heterocycles. The Morgan fingerprint density at radius 3 is 2.19 bits per heavy atom. The van der Waals surface area contributed by atoms with Crippen LogP contribution in [0, 0.1) is 5.92 Å². The molecule has 5 heteroatoms. The predicted octanol–water partition coefficient (Wildman–Crippen LogP) is 3.70. The van der Waals surface area contributed by atoms with E-state index in [1.54, 1.807) is 7.11 Å². The quantitative estimate of drug-likeness (QED) is 0.877. The second-order valence-electron chi connectivity index (χ2n) is 7.45. The molecule has 1 atom stereocenters. The number of carbonyl (C=O) groups is 1. The lowest BCUT2D eigenvalue weighted by Crippen LogP contribution is -2.41. The Labute approximate surface area is 160 Å². The summed E-state index contributed by atoms with van der Waals surface area (Å²) < 4.78 is 11.0. The standard InChI is InChI=1S/C22H26N2O3/c1-26-19-6-8-21(9-7-19)27-20-4-2-17(3-5-20)22(25)23-18-14-16-10-12-24(15-18)13-11-16/h2-9,16,18H,10-15H2,1H3,(H,23,25). The molecule has 0 aliphatic carbocycles. The van der Waals surface area contributed by atoms with Crippen LogP contribution in [0.2, 0.25) is 0 Å². The topological polar surface area (TPSA) is 50.8 Å². The van der Waals surface area contributed by atoms with Gasteiger partial charge in [-0.2, -0.15) is 0 Å². The van der Waals surface area contributed by atoms with Gasteiger partial charge in [0.25, 0.3) is 5.91 Å². The second kappa shape index (κ2) is 8.01. The molecule has 5 rings (SSSR count). The number of ether oxygens (including phenoxy) is 2. The van der Waals surface area contributed by atoms with E-state index < -0.39 is 0 Å². The average molecular weight is 366 g/mol. The van der Waals surface area contributed by atoms with E-state index in [2.05, 4.69) is 10.2 Å². The molecule has 0 saturated carbocycles. The summed E-state index contributed by atoms with van der Waals surface area (Å²) in [7, 11) is 1.64. The summed E-state index contributed by atoms with van der Waals surface area (Å²) in [5.41, 5.74) is 0.670. The maximum atomic E-state index is 12.6. The number of benzene rings is 2. The van der Waals surface area contributed by atoms with Gasteiger partial charge in [0.15, 0.2) is 0 Å². The normalized spacial score (nSPS) is 24.1. The first kappa shape index (κ1) is 17.9. The lowest BCUT2D eigenvalue weighted by molar-refractivity contribution is 0.0929. The summed E-state index contributed by atoms with van der Waals surface area (Å²) in [6.45, 7) is 3.32. The van der Waals surface area contributed by atoms with Crippen molar-refractivity contribution in [3.8, 4) is 17.2 Å². The number of hydrogen-bond acceptors (Lipinski definition) is 4. The zero-order valence-electron chi connectivity index (χ0n) is 15.7. The third kappa shape index (κ3) is 4.42. The Kier molecular flexibility index (Phi) is 5.30. The van der Waals surface area contributed by atoms with E-state index in [0.29, 0.717) is 11.3 Å². The van der Waals surface area contributed by atoms with E-state index in [9.17, 15) is 4.79 Å². The molecule has 2 aromatic carbocycles. The van der Waals surface area contributed by atoms with E-state index in [0.717, 1.165) is 30.4 Å². The molecule has 0 aromatic heterocycles. The van der Waals surface area contributed by atoms with Gasteiger partial charge in [0.1, 0.15) is 17.2 Å². The smallest absolute Gasteiger partial charge is 0.251 e. The van der Waals surface area contributed by atoms with E-state index >= 15 is 0 Å². The first-order valence-electron chi connectivity index (χ1n) is 9.65. The van der Waals surface area contributed by atoms with Crippen molar-refractivity contribution in [1.29, 1.82) is 0 Å². The minimum absolute atomic E-state index is 0.00139. The van der Waals surface area contributed by atoms with E-state index in [1.807, 2.05) is 48.5 Å². The van der Waals surface area contributed by atoms with Crippen LogP contribution in [0.15, 0.2) is 48.5 Å². The largest absolute Gasteiger partial charge is 0.497 e. The van der Waals surface area contributed by atoms with Crippen LogP contribution in [0.4, 0.5) is 0 Å². The summed E-state index contributed by atoms with van der Waals surface area (Å²) in [4.78, 5) is 15.1. The van der Waals surface area contributed by atoms with Gasteiger partial charge in [0.05, 0.1) is 7.11 Å². The van der Waals surface area contributed by atoms with Crippen LogP contribution < -0.4 is 14.8 Å². The molecule has 2 aromatic rings. The number of fused-ring (bicyclic) bond motifs is 4. The summed E-state index contributed by atoms with van der Waals surface area (Å²) >= 11 is 0. The molecule has 1 amide bonds. The van der Waals surface area contributed by atoms with Gasteiger partial charge < -0.3 is 19.7 Å². The molecule has 142 valence electrons. The molecule has 0 spiro atoms. The first-order chi connectivity index (χ1) is 13.2. The SMILES string of the molecule is COc1ccc(Oc2ccc(C(=O)NC3CC4CCN(CC4)C3)cc2)cc1. The van der Waals surface area contributed by atoms with Crippen molar-refractivity contribution >= 4 is 5.91 Å². The Bertz CT molecular complexity index is 751. The van der Waals surface area contributed by atoms with E-state index in [4.69, 9.17) is 9.47 Å². The fourth-order valence-electron chi connectivity index (χ4n) is 4.02. The number of carbonyl (C=O) groups excluding carboxylic acids is 1. The van der Waals surface area contributed by atoms with Crippen molar-refractivity contribution in [2.45, 2.75) is 25.3 Å². The molecular weight excluding hydrogens is 340 g/mol. The van der Waals surface area contributed by atoms with Gasteiger partial charge in [-0.15, -0.1) is 0 Å². The summed E-state index contributed by atoms with van der Waals surface area (Å²) in [6, 6.07) is 15.0. The minimum Gasteiger partial charge on any atom is -0.497 e. The van der Waals surface area contributed by atoms with Gasteiger partial charge in [-0.3, -0.25) is 4.79 Å². The zero-order valence-corrected chi connectivity index (χ0v) is 15.7. The van der Waals surface area contributed by atoms with Crippen LogP contribution in [-0.4, -0.2) is 43.6 Å². The Balaban J connectivity index is 1.35. The minimum atomic E-state index is -0.00139. The average Bonchev–Trinajstić information content (AvgIpc) is 3.01. The number of rotatable bonds is 5. The molecule has 0 radical (unpaired) electrons. The third-order valence-corrected chi connectivity index (χ3v) is 5.55. The third-order valence-electron chi connectivity index (χ3n) is 5.55. The second-order valence-corrected chi connectivity index (χ2v) is 7.45. The molecule has 5 nitrogen and oxygen atoms in total. The number of amides is 1. The van der Waals surface area contributed by atoms with Crippen molar-refractivity contribution < 1.29 is 14.3 Å². The molecule has 3 fully saturated rings. The van der Waals surface area contributed by atoms with Crippen LogP contribution in [0.5, 0.6) is 17.2 Å². The number of methoxy groups -OCH3 is 1. The van der Waals surface area contributed by atoms with Crippen LogP contribution in [0.25, 0.3) is 0 Å². The van der Waals surface area contributed by atoms with E-state index in [1.165, 1.54) is 25.9 Å². The first-order valence-corrected chi connectivity index (χ1v) is 9.65.